The van der Waals surface area contributed by atoms with Crippen LogP contribution in [-0.4, -0.2) is 14.5 Å². The third-order valence-electron chi connectivity index (χ3n) is 3.92. The van der Waals surface area contributed by atoms with Crippen molar-refractivity contribution in [1.82, 2.24) is 4.72 Å². The van der Waals surface area contributed by atoms with Crippen molar-refractivity contribution in [2.75, 3.05) is 0 Å². The summed E-state index contributed by atoms with van der Waals surface area (Å²) < 4.78 is 27.8. The maximum Gasteiger partial charge on any atom is 0.242 e. The quantitative estimate of drug-likeness (QED) is 0.901. The highest BCUT2D eigenvalue weighted by atomic mass is 35.5. The number of aryl methyl sites for hydroxylation is 1. The van der Waals surface area contributed by atoms with E-state index < -0.39 is 10.0 Å². The fourth-order valence-electron chi connectivity index (χ4n) is 2.59. The summed E-state index contributed by atoms with van der Waals surface area (Å²) in [6.07, 6.45) is 4.16. The normalized spacial score (nSPS) is 23.8. The first-order valence-electron chi connectivity index (χ1n) is 6.79. The standard InChI is InChI=1S/C14H19Cl2NO2S/c1-9-5-3-4-6-13(9)17-20(18,19)14-7-10(2)11(15)8-12(14)16/h7-9,13,17H,3-6H2,1-2H3/t9-,13+/m1/s1. The largest absolute Gasteiger partial charge is 0.242 e. The molecule has 0 unspecified atom stereocenters. The smallest absolute Gasteiger partial charge is 0.208 e. The van der Waals surface area contributed by atoms with E-state index in [-0.39, 0.29) is 16.0 Å². The van der Waals surface area contributed by atoms with Gasteiger partial charge in [0.2, 0.25) is 10.0 Å². The van der Waals surface area contributed by atoms with Gasteiger partial charge in [-0.25, -0.2) is 13.1 Å². The molecule has 1 aliphatic carbocycles. The van der Waals surface area contributed by atoms with E-state index in [4.69, 9.17) is 23.2 Å². The Labute approximate surface area is 130 Å². The highest BCUT2D eigenvalue weighted by molar-refractivity contribution is 7.89. The lowest BCUT2D eigenvalue weighted by molar-refractivity contribution is 0.310. The van der Waals surface area contributed by atoms with Crippen LogP contribution in [0.5, 0.6) is 0 Å². The molecule has 0 spiro atoms. The number of nitrogens with one attached hydrogen (secondary N) is 1. The van der Waals surface area contributed by atoms with Crippen LogP contribution < -0.4 is 4.72 Å². The van der Waals surface area contributed by atoms with Crippen molar-refractivity contribution in [2.45, 2.75) is 50.5 Å². The zero-order valence-corrected chi connectivity index (χ0v) is 13.9. The molecule has 0 aromatic heterocycles. The molecule has 1 aromatic rings. The fraction of sp³-hybridized carbons (Fsp3) is 0.571. The molecule has 1 saturated carbocycles. The lowest BCUT2D eigenvalue weighted by Gasteiger charge is -2.29. The van der Waals surface area contributed by atoms with Crippen molar-refractivity contribution in [2.24, 2.45) is 5.92 Å². The number of halogens is 2. The second kappa shape index (κ2) is 6.22. The van der Waals surface area contributed by atoms with E-state index >= 15 is 0 Å². The van der Waals surface area contributed by atoms with Gasteiger partial charge in [-0.3, -0.25) is 0 Å². The van der Waals surface area contributed by atoms with Gasteiger partial charge in [0.15, 0.2) is 0 Å². The van der Waals surface area contributed by atoms with E-state index in [0.29, 0.717) is 16.5 Å². The average Bonchev–Trinajstić information content (AvgIpc) is 2.36. The molecular weight excluding hydrogens is 317 g/mol. The average molecular weight is 336 g/mol. The maximum atomic E-state index is 12.5. The van der Waals surface area contributed by atoms with Crippen LogP contribution >= 0.6 is 23.2 Å². The van der Waals surface area contributed by atoms with Crippen LogP contribution in [0.1, 0.15) is 38.2 Å². The third kappa shape index (κ3) is 3.48. The van der Waals surface area contributed by atoms with Crippen molar-refractivity contribution >= 4 is 33.2 Å². The van der Waals surface area contributed by atoms with Gasteiger partial charge in [0, 0.05) is 11.1 Å². The monoisotopic (exact) mass is 335 g/mol. The van der Waals surface area contributed by atoms with Gasteiger partial charge in [0.1, 0.15) is 4.90 Å². The lowest BCUT2D eigenvalue weighted by atomic mass is 9.87. The topological polar surface area (TPSA) is 46.2 Å². The Morgan fingerprint density at radius 3 is 2.45 bits per heavy atom. The molecule has 112 valence electrons. The number of hydrogen-bond acceptors (Lipinski definition) is 2. The highest BCUT2D eigenvalue weighted by Crippen LogP contribution is 2.30. The second-order valence-electron chi connectivity index (χ2n) is 5.52. The molecule has 0 aliphatic heterocycles. The minimum atomic E-state index is -3.60. The van der Waals surface area contributed by atoms with Gasteiger partial charge in [0.25, 0.3) is 0 Å². The first-order valence-corrected chi connectivity index (χ1v) is 9.03. The zero-order valence-electron chi connectivity index (χ0n) is 11.6. The van der Waals surface area contributed by atoms with Crippen LogP contribution in [0.15, 0.2) is 17.0 Å². The van der Waals surface area contributed by atoms with Crippen LogP contribution in [0.3, 0.4) is 0 Å². The Kier molecular flexibility index (Phi) is 5.00. The van der Waals surface area contributed by atoms with Gasteiger partial charge in [-0.05, 0) is 43.4 Å². The van der Waals surface area contributed by atoms with Crippen LogP contribution in [0, 0.1) is 12.8 Å². The molecule has 20 heavy (non-hydrogen) atoms. The summed E-state index contributed by atoms with van der Waals surface area (Å²) in [5.41, 5.74) is 0.702. The van der Waals surface area contributed by atoms with Crippen LogP contribution in [0.4, 0.5) is 0 Å². The molecule has 0 bridgehead atoms. The van der Waals surface area contributed by atoms with Gasteiger partial charge in [0.05, 0.1) is 5.02 Å². The molecule has 6 heteroatoms. The molecule has 1 aromatic carbocycles. The van der Waals surface area contributed by atoms with E-state index in [2.05, 4.69) is 11.6 Å². The van der Waals surface area contributed by atoms with E-state index in [1.165, 1.54) is 18.6 Å². The van der Waals surface area contributed by atoms with E-state index in [9.17, 15) is 8.42 Å². The van der Waals surface area contributed by atoms with E-state index in [0.717, 1.165) is 19.3 Å². The molecule has 1 fully saturated rings. The van der Waals surface area contributed by atoms with Crippen molar-refractivity contribution in [3.05, 3.63) is 27.7 Å². The Morgan fingerprint density at radius 1 is 1.15 bits per heavy atom. The Balaban J connectivity index is 2.28. The summed E-state index contributed by atoms with van der Waals surface area (Å²) >= 11 is 12.0. The van der Waals surface area contributed by atoms with Gasteiger partial charge in [-0.1, -0.05) is 43.0 Å². The van der Waals surface area contributed by atoms with Crippen molar-refractivity contribution in [1.29, 1.82) is 0 Å². The zero-order chi connectivity index (χ0) is 14.9. The third-order valence-corrected chi connectivity index (χ3v) is 6.28. The van der Waals surface area contributed by atoms with Crippen LogP contribution in [0.2, 0.25) is 10.0 Å². The fourth-order valence-corrected chi connectivity index (χ4v) is 4.80. The predicted octanol–water partition coefficient (Wildman–Crippen LogP) is 4.16. The molecular formula is C14H19Cl2NO2S. The summed E-state index contributed by atoms with van der Waals surface area (Å²) in [6, 6.07) is 3.00. The number of rotatable bonds is 3. The Hall–Kier alpha value is -0.290. The molecule has 0 amide bonds. The summed E-state index contributed by atoms with van der Waals surface area (Å²) in [5, 5.41) is 0.636. The second-order valence-corrected chi connectivity index (χ2v) is 8.02. The number of hydrogen-bond donors (Lipinski definition) is 1. The van der Waals surface area contributed by atoms with E-state index in [1.54, 1.807) is 6.92 Å². The first-order chi connectivity index (χ1) is 9.31. The molecule has 1 N–H and O–H groups in total. The molecule has 0 saturated heterocycles. The molecule has 0 radical (unpaired) electrons. The molecule has 2 rings (SSSR count). The highest BCUT2D eigenvalue weighted by Gasteiger charge is 2.28. The first kappa shape index (κ1) is 16.1. The SMILES string of the molecule is Cc1cc(S(=O)(=O)N[C@H]2CCCC[C@H]2C)c(Cl)cc1Cl. The maximum absolute atomic E-state index is 12.5. The number of sulfonamides is 1. The lowest BCUT2D eigenvalue weighted by Crippen LogP contribution is -2.41. The summed E-state index contributed by atoms with van der Waals surface area (Å²) in [6.45, 7) is 3.85. The van der Waals surface area contributed by atoms with Crippen LogP contribution in [-0.2, 0) is 10.0 Å². The Morgan fingerprint density at radius 2 is 1.80 bits per heavy atom. The van der Waals surface area contributed by atoms with Crippen molar-refractivity contribution in [3.63, 3.8) is 0 Å². The summed E-state index contributed by atoms with van der Waals surface area (Å²) in [5.74, 6) is 0.352. The van der Waals surface area contributed by atoms with Crippen LogP contribution in [0.25, 0.3) is 0 Å². The van der Waals surface area contributed by atoms with Gasteiger partial charge < -0.3 is 0 Å². The summed E-state index contributed by atoms with van der Waals surface area (Å²) in [7, 11) is -3.60. The minimum Gasteiger partial charge on any atom is -0.208 e. The van der Waals surface area contributed by atoms with E-state index in [1.807, 2.05) is 0 Å². The van der Waals surface area contributed by atoms with Gasteiger partial charge in [-0.2, -0.15) is 0 Å². The molecule has 0 heterocycles. The van der Waals surface area contributed by atoms with Crippen molar-refractivity contribution in [3.8, 4) is 0 Å². The van der Waals surface area contributed by atoms with Crippen molar-refractivity contribution < 1.29 is 8.42 Å². The van der Waals surface area contributed by atoms with Gasteiger partial charge >= 0.3 is 0 Å². The van der Waals surface area contributed by atoms with Gasteiger partial charge in [-0.15, -0.1) is 0 Å². The molecule has 2 atom stereocenters. The number of benzene rings is 1. The predicted molar refractivity (Wildman–Crippen MR) is 82.9 cm³/mol. The molecule has 3 nitrogen and oxygen atoms in total. The minimum absolute atomic E-state index is 0.0131. The summed E-state index contributed by atoms with van der Waals surface area (Å²) in [4.78, 5) is 0.110. The Bertz CT molecular complexity index is 601. The molecule has 1 aliphatic rings.